The van der Waals surface area contributed by atoms with E-state index in [0.29, 0.717) is 6.54 Å². The summed E-state index contributed by atoms with van der Waals surface area (Å²) >= 11 is 0. The molecule has 0 atom stereocenters. The molecule has 0 amide bonds. The summed E-state index contributed by atoms with van der Waals surface area (Å²) in [4.78, 5) is 4.33. The minimum atomic E-state index is 0.117. The average molecular weight is 271 g/mol. The van der Waals surface area contributed by atoms with Gasteiger partial charge in [0, 0.05) is 11.9 Å². The molecule has 1 aromatic carbocycles. The minimum Gasteiger partial charge on any atom is -0.487 e. The molecule has 1 heterocycles. The van der Waals surface area contributed by atoms with E-state index >= 15 is 0 Å². The van der Waals surface area contributed by atoms with Gasteiger partial charge in [0.05, 0.1) is 6.10 Å². The van der Waals surface area contributed by atoms with Crippen LogP contribution in [0.2, 0.25) is 0 Å². The van der Waals surface area contributed by atoms with Crippen molar-refractivity contribution in [3.8, 4) is 5.75 Å². The number of ether oxygens (including phenoxy) is 1. The molecule has 0 fully saturated rings. The molecule has 2 rings (SSSR count). The molecule has 0 bridgehead atoms. The molecule has 0 unspecified atom stereocenters. The molecule has 3 N–H and O–H groups in total. The number of benzene rings is 1. The van der Waals surface area contributed by atoms with Crippen LogP contribution in [0.25, 0.3) is 0 Å². The van der Waals surface area contributed by atoms with Gasteiger partial charge in [0.15, 0.2) is 11.6 Å². The van der Waals surface area contributed by atoms with E-state index in [-0.39, 0.29) is 6.10 Å². The molecular weight excluding hydrogens is 250 g/mol. The SMILES string of the molecule is CC(C)Oc1cccnc1Nc1ccc(CCN)cc1. The number of pyridine rings is 1. The quantitative estimate of drug-likeness (QED) is 0.847. The molecule has 1 aromatic heterocycles. The van der Waals surface area contributed by atoms with Gasteiger partial charge in [-0.05, 0) is 56.6 Å². The molecule has 0 aliphatic heterocycles. The van der Waals surface area contributed by atoms with Crippen molar-refractivity contribution in [1.29, 1.82) is 0 Å². The predicted octanol–water partition coefficient (Wildman–Crippen LogP) is 3.11. The molecule has 0 aliphatic carbocycles. The van der Waals surface area contributed by atoms with Crippen LogP contribution in [0.5, 0.6) is 5.75 Å². The van der Waals surface area contributed by atoms with Crippen LogP contribution in [0, 0.1) is 0 Å². The van der Waals surface area contributed by atoms with Crippen molar-refractivity contribution in [1.82, 2.24) is 4.98 Å². The van der Waals surface area contributed by atoms with E-state index in [4.69, 9.17) is 10.5 Å². The lowest BCUT2D eigenvalue weighted by molar-refractivity contribution is 0.243. The van der Waals surface area contributed by atoms with Crippen LogP contribution in [0.15, 0.2) is 42.6 Å². The third kappa shape index (κ3) is 3.96. The normalized spacial score (nSPS) is 10.6. The van der Waals surface area contributed by atoms with Crippen LogP contribution in [0.1, 0.15) is 19.4 Å². The number of rotatable bonds is 6. The van der Waals surface area contributed by atoms with Crippen LogP contribution < -0.4 is 15.8 Å². The van der Waals surface area contributed by atoms with Crippen molar-refractivity contribution < 1.29 is 4.74 Å². The first-order valence-electron chi connectivity index (χ1n) is 6.86. The van der Waals surface area contributed by atoms with Crippen molar-refractivity contribution in [2.24, 2.45) is 5.73 Å². The first-order valence-corrected chi connectivity index (χ1v) is 6.86. The zero-order chi connectivity index (χ0) is 14.4. The van der Waals surface area contributed by atoms with E-state index in [1.807, 2.05) is 38.1 Å². The van der Waals surface area contributed by atoms with Gasteiger partial charge in [-0.15, -0.1) is 0 Å². The predicted molar refractivity (Wildman–Crippen MR) is 82.5 cm³/mol. The Kier molecular flexibility index (Phi) is 4.96. The third-order valence-corrected chi connectivity index (χ3v) is 2.78. The summed E-state index contributed by atoms with van der Waals surface area (Å²) in [6, 6.07) is 12.0. The van der Waals surface area contributed by atoms with Crippen molar-refractivity contribution in [2.75, 3.05) is 11.9 Å². The van der Waals surface area contributed by atoms with Crippen LogP contribution in [0.3, 0.4) is 0 Å². The van der Waals surface area contributed by atoms with Crippen LogP contribution in [-0.4, -0.2) is 17.6 Å². The standard InChI is InChI=1S/C16H21N3O/c1-12(2)20-15-4-3-11-18-16(15)19-14-7-5-13(6-8-14)9-10-17/h3-8,11-12H,9-10,17H2,1-2H3,(H,18,19). The fraction of sp³-hybridized carbons (Fsp3) is 0.312. The van der Waals surface area contributed by atoms with E-state index in [1.165, 1.54) is 5.56 Å². The van der Waals surface area contributed by atoms with Crippen molar-refractivity contribution in [2.45, 2.75) is 26.4 Å². The third-order valence-electron chi connectivity index (χ3n) is 2.78. The first kappa shape index (κ1) is 14.3. The van der Waals surface area contributed by atoms with Gasteiger partial charge in [-0.25, -0.2) is 4.98 Å². The van der Waals surface area contributed by atoms with Crippen molar-refractivity contribution >= 4 is 11.5 Å². The molecule has 20 heavy (non-hydrogen) atoms. The molecule has 2 aromatic rings. The lowest BCUT2D eigenvalue weighted by Gasteiger charge is -2.14. The number of aromatic nitrogens is 1. The number of nitrogens with one attached hydrogen (secondary N) is 1. The second-order valence-corrected chi connectivity index (χ2v) is 4.88. The maximum atomic E-state index is 5.74. The van der Waals surface area contributed by atoms with E-state index < -0.39 is 0 Å². The summed E-state index contributed by atoms with van der Waals surface area (Å²) in [7, 11) is 0. The highest BCUT2D eigenvalue weighted by Crippen LogP contribution is 2.25. The minimum absolute atomic E-state index is 0.117. The zero-order valence-corrected chi connectivity index (χ0v) is 12.0. The maximum absolute atomic E-state index is 5.74. The fourth-order valence-corrected chi connectivity index (χ4v) is 1.89. The number of hydrogen-bond acceptors (Lipinski definition) is 4. The molecule has 0 saturated heterocycles. The Morgan fingerprint density at radius 2 is 1.95 bits per heavy atom. The van der Waals surface area contributed by atoms with Gasteiger partial charge in [0.2, 0.25) is 0 Å². The number of nitrogens with zero attached hydrogens (tertiary/aromatic N) is 1. The molecule has 4 nitrogen and oxygen atoms in total. The van der Waals surface area contributed by atoms with E-state index in [1.54, 1.807) is 6.20 Å². The summed E-state index contributed by atoms with van der Waals surface area (Å²) in [5, 5.41) is 3.28. The highest BCUT2D eigenvalue weighted by molar-refractivity contribution is 5.62. The van der Waals surface area contributed by atoms with Gasteiger partial charge in [-0.3, -0.25) is 0 Å². The van der Waals surface area contributed by atoms with Crippen LogP contribution in [-0.2, 0) is 6.42 Å². The molecule has 0 radical (unpaired) electrons. The van der Waals surface area contributed by atoms with Gasteiger partial charge in [-0.2, -0.15) is 0 Å². The summed E-state index contributed by atoms with van der Waals surface area (Å²) in [5.41, 5.74) is 7.76. The number of hydrogen-bond donors (Lipinski definition) is 2. The zero-order valence-electron chi connectivity index (χ0n) is 12.0. The lowest BCUT2D eigenvalue weighted by atomic mass is 10.1. The van der Waals surface area contributed by atoms with Crippen molar-refractivity contribution in [3.05, 3.63) is 48.2 Å². The largest absolute Gasteiger partial charge is 0.487 e. The second kappa shape index (κ2) is 6.91. The molecule has 0 spiro atoms. The highest BCUT2D eigenvalue weighted by Gasteiger charge is 2.06. The van der Waals surface area contributed by atoms with Gasteiger partial charge in [-0.1, -0.05) is 12.1 Å². The topological polar surface area (TPSA) is 60.2 Å². The average Bonchev–Trinajstić information content (AvgIpc) is 2.43. The molecule has 0 saturated carbocycles. The summed E-state index contributed by atoms with van der Waals surface area (Å²) in [6.45, 7) is 4.66. The Morgan fingerprint density at radius 3 is 2.60 bits per heavy atom. The lowest BCUT2D eigenvalue weighted by Crippen LogP contribution is -2.08. The molecule has 4 heteroatoms. The smallest absolute Gasteiger partial charge is 0.173 e. The first-order chi connectivity index (χ1) is 9.69. The summed E-state index contributed by atoms with van der Waals surface area (Å²) < 4.78 is 5.74. The van der Waals surface area contributed by atoms with Crippen LogP contribution >= 0.6 is 0 Å². The van der Waals surface area contributed by atoms with E-state index in [9.17, 15) is 0 Å². The van der Waals surface area contributed by atoms with E-state index in [2.05, 4.69) is 22.4 Å². The number of anilines is 2. The van der Waals surface area contributed by atoms with Crippen LogP contribution in [0.4, 0.5) is 11.5 Å². The van der Waals surface area contributed by atoms with E-state index in [0.717, 1.165) is 23.7 Å². The van der Waals surface area contributed by atoms with Gasteiger partial charge in [0.25, 0.3) is 0 Å². The molecular formula is C16H21N3O. The summed E-state index contributed by atoms with van der Waals surface area (Å²) in [5.74, 6) is 1.49. The van der Waals surface area contributed by atoms with Gasteiger partial charge >= 0.3 is 0 Å². The maximum Gasteiger partial charge on any atom is 0.173 e. The Bertz CT molecular complexity index is 538. The molecule has 0 aliphatic rings. The Labute approximate surface area is 120 Å². The monoisotopic (exact) mass is 271 g/mol. The van der Waals surface area contributed by atoms with Crippen molar-refractivity contribution in [3.63, 3.8) is 0 Å². The van der Waals surface area contributed by atoms with Gasteiger partial charge in [0.1, 0.15) is 0 Å². The second-order valence-electron chi connectivity index (χ2n) is 4.88. The Morgan fingerprint density at radius 1 is 1.20 bits per heavy atom. The molecule has 106 valence electrons. The Hall–Kier alpha value is -2.07. The number of nitrogens with two attached hydrogens (primary N) is 1. The summed E-state index contributed by atoms with van der Waals surface area (Å²) in [6.07, 6.45) is 2.76. The fourth-order valence-electron chi connectivity index (χ4n) is 1.89. The van der Waals surface area contributed by atoms with Gasteiger partial charge < -0.3 is 15.8 Å². The Balaban J connectivity index is 2.13. The highest BCUT2D eigenvalue weighted by atomic mass is 16.5.